The zero-order valence-electron chi connectivity index (χ0n) is 33.2. The van der Waals surface area contributed by atoms with Crippen LogP contribution >= 0.6 is 0 Å². The van der Waals surface area contributed by atoms with E-state index in [9.17, 15) is 61.0 Å². The van der Waals surface area contributed by atoms with Crippen LogP contribution in [-0.2, 0) is 38.0 Å². The summed E-state index contributed by atoms with van der Waals surface area (Å²) >= 11 is 0. The lowest BCUT2D eigenvalue weighted by molar-refractivity contribution is -0.378. The summed E-state index contributed by atoms with van der Waals surface area (Å²) in [6.07, 6.45) is -17.8. The number of carboxylic acid groups (broad SMARTS) is 1. The minimum absolute atomic E-state index is 0.121. The van der Waals surface area contributed by atoms with Crippen molar-refractivity contribution in [2.24, 2.45) is 28.1 Å². The van der Waals surface area contributed by atoms with Crippen molar-refractivity contribution in [1.82, 2.24) is 0 Å². The number of rotatable bonds is 9. The van der Waals surface area contributed by atoms with Gasteiger partial charge in [-0.05, 0) is 86.5 Å². The van der Waals surface area contributed by atoms with E-state index >= 15 is 0 Å². The Morgan fingerprint density at radius 3 is 1.80 bits per heavy atom. The summed E-state index contributed by atoms with van der Waals surface area (Å²) in [5, 5.41) is 121. The highest BCUT2D eigenvalue weighted by atomic mass is 16.8. The van der Waals surface area contributed by atoms with Gasteiger partial charge in [-0.3, -0.25) is 9.59 Å². The van der Waals surface area contributed by atoms with Crippen molar-refractivity contribution in [2.45, 2.75) is 169 Å². The van der Waals surface area contributed by atoms with Crippen molar-refractivity contribution in [2.75, 3.05) is 19.8 Å². The van der Waals surface area contributed by atoms with Gasteiger partial charge >= 0.3 is 5.97 Å². The molecule has 7 aliphatic rings. The highest BCUT2D eigenvalue weighted by molar-refractivity contribution is 5.77. The molecule has 0 amide bonds. The van der Waals surface area contributed by atoms with Crippen LogP contribution in [0.3, 0.4) is 0 Å². The zero-order chi connectivity index (χ0) is 43.4. The van der Waals surface area contributed by atoms with Gasteiger partial charge in [0.1, 0.15) is 73.2 Å². The Morgan fingerprint density at radius 1 is 0.712 bits per heavy atom. The van der Waals surface area contributed by atoms with E-state index in [2.05, 4.69) is 13.5 Å². The molecular formula is C39H62O20. The fourth-order valence-electron chi connectivity index (χ4n) is 12.0. The molecule has 20 nitrogen and oxygen atoms in total. The molecule has 0 aromatic carbocycles. The Balaban J connectivity index is 0.00000189. The van der Waals surface area contributed by atoms with E-state index in [1.807, 2.05) is 6.92 Å². The van der Waals surface area contributed by atoms with Gasteiger partial charge in [0.15, 0.2) is 12.6 Å². The minimum Gasteiger partial charge on any atom is -0.483 e. The minimum atomic E-state index is -1.81. The van der Waals surface area contributed by atoms with Gasteiger partial charge in [-0.15, -0.1) is 0 Å². The van der Waals surface area contributed by atoms with Crippen LogP contribution in [0.25, 0.3) is 0 Å². The maximum absolute atomic E-state index is 14.1. The Bertz CT molecular complexity index is 1500. The summed E-state index contributed by atoms with van der Waals surface area (Å²) in [4.78, 5) is 22.5. The molecule has 59 heavy (non-hydrogen) atoms. The molecule has 3 heterocycles. The number of aliphatic hydroxyl groups is 11. The molecule has 20 heteroatoms. The second-order valence-electron chi connectivity index (χ2n) is 18.1. The number of carbonyl (C=O) groups is 2. The van der Waals surface area contributed by atoms with E-state index in [1.54, 1.807) is 0 Å². The summed E-state index contributed by atoms with van der Waals surface area (Å²) < 4.78 is 35.6. The molecule has 0 aromatic heterocycles. The van der Waals surface area contributed by atoms with Crippen LogP contribution in [-0.4, -0.2) is 191 Å². The highest BCUT2D eigenvalue weighted by Crippen LogP contribution is 2.73. The first-order chi connectivity index (χ1) is 27.8. The van der Waals surface area contributed by atoms with Crippen molar-refractivity contribution in [3.8, 4) is 0 Å². The van der Waals surface area contributed by atoms with Crippen LogP contribution in [0.15, 0.2) is 12.2 Å². The third kappa shape index (κ3) is 7.89. The van der Waals surface area contributed by atoms with Crippen molar-refractivity contribution >= 4 is 12.4 Å². The fourth-order valence-corrected chi connectivity index (χ4v) is 12.0. The molecule has 4 aliphatic carbocycles. The van der Waals surface area contributed by atoms with Crippen LogP contribution in [0.1, 0.15) is 71.6 Å². The summed E-state index contributed by atoms with van der Waals surface area (Å²) in [6.45, 7) is 6.27. The first kappa shape index (κ1) is 46.5. The lowest BCUT2D eigenvalue weighted by Gasteiger charge is -2.64. The number of carbonyl (C=O) groups excluding carboxylic acids is 1. The molecule has 12 N–H and O–H groups in total. The van der Waals surface area contributed by atoms with Gasteiger partial charge in [-0.2, -0.15) is 0 Å². The summed E-state index contributed by atoms with van der Waals surface area (Å²) in [5.41, 5.74) is -1.80. The lowest BCUT2D eigenvalue weighted by atomic mass is 9.41. The average Bonchev–Trinajstić information content (AvgIpc) is 3.40. The normalized spacial score (nSPS) is 52.0. The maximum atomic E-state index is 14.1. The van der Waals surface area contributed by atoms with E-state index < -0.39 is 129 Å². The van der Waals surface area contributed by atoms with Crippen molar-refractivity contribution in [1.29, 1.82) is 0 Å². The maximum Gasteiger partial charge on any atom is 0.314 e. The molecule has 4 saturated carbocycles. The van der Waals surface area contributed by atoms with Crippen molar-refractivity contribution in [3.63, 3.8) is 0 Å². The standard InChI is InChI=1S/C38H60O18.CH2O2/c1-16-11-37-9-5-20-35(2,7-4-8-36(20,3)34(50)55-32-29(49)26(46)23(43)18(13-40)52-32)21(37)6-10-38(16,15-37)56-33-30(27(47)24(44)19(14-41)53-33)54-31-28(48)25(45)22(42)17(12-39)51-31;2-1-3/h17-33,39-49H,1,4-15H2,2-3H3;1H,(H,2,3)/t17-,18-,19-,20+,21+,22-,23-,24-,25+,26+,27+,28-,29-,30-,31+,32+,33+,35-,36-,37-,38+;/m1./s1. The number of hydrogen-bond acceptors (Lipinski definition) is 19. The molecule has 0 aromatic rings. The Morgan fingerprint density at radius 2 is 1.22 bits per heavy atom. The molecule has 1 spiro atoms. The third-order valence-electron chi connectivity index (χ3n) is 15.0. The second kappa shape index (κ2) is 17.7. The van der Waals surface area contributed by atoms with Crippen LogP contribution in [0.4, 0.5) is 0 Å². The fraction of sp³-hybridized carbons (Fsp3) is 0.897. The van der Waals surface area contributed by atoms with Gasteiger partial charge in [0.2, 0.25) is 6.29 Å². The predicted molar refractivity (Wildman–Crippen MR) is 195 cm³/mol. The van der Waals surface area contributed by atoms with E-state index in [4.69, 9.17) is 38.3 Å². The van der Waals surface area contributed by atoms with Gasteiger partial charge in [0.05, 0.1) is 30.8 Å². The third-order valence-corrected chi connectivity index (χ3v) is 15.0. The zero-order valence-corrected chi connectivity index (χ0v) is 33.2. The van der Waals surface area contributed by atoms with E-state index in [1.165, 1.54) is 0 Å². The van der Waals surface area contributed by atoms with Gasteiger partial charge in [0.25, 0.3) is 6.47 Å². The highest BCUT2D eigenvalue weighted by Gasteiger charge is 2.69. The largest absolute Gasteiger partial charge is 0.483 e. The second-order valence-corrected chi connectivity index (χ2v) is 18.1. The Hall–Kier alpha value is -1.96. The monoisotopic (exact) mass is 850 g/mol. The predicted octanol–water partition coefficient (Wildman–Crippen LogP) is -3.24. The Labute approximate surface area is 340 Å². The van der Waals surface area contributed by atoms with Gasteiger partial charge < -0.3 is 89.7 Å². The van der Waals surface area contributed by atoms with Crippen LogP contribution in [0, 0.1) is 28.1 Å². The summed E-state index contributed by atoms with van der Waals surface area (Å²) in [6, 6.07) is 0. The smallest absolute Gasteiger partial charge is 0.314 e. The first-order valence-electron chi connectivity index (χ1n) is 20.4. The number of ether oxygens (including phenoxy) is 6. The van der Waals surface area contributed by atoms with Gasteiger partial charge in [0, 0.05) is 0 Å². The van der Waals surface area contributed by atoms with Crippen LogP contribution in [0.5, 0.6) is 0 Å². The van der Waals surface area contributed by atoms with E-state index in [0.29, 0.717) is 44.9 Å². The number of aliphatic hydroxyl groups excluding tert-OH is 11. The molecule has 0 unspecified atom stereocenters. The molecule has 338 valence electrons. The Kier molecular flexibility index (Phi) is 13.9. The van der Waals surface area contributed by atoms with Gasteiger partial charge in [-0.1, -0.05) is 19.9 Å². The number of esters is 1. The summed E-state index contributed by atoms with van der Waals surface area (Å²) in [7, 11) is 0. The first-order valence-corrected chi connectivity index (χ1v) is 20.4. The molecule has 2 bridgehead atoms. The molecule has 3 aliphatic heterocycles. The quantitative estimate of drug-likeness (QED) is 0.0469. The van der Waals surface area contributed by atoms with Crippen LogP contribution in [0.2, 0.25) is 0 Å². The summed E-state index contributed by atoms with van der Waals surface area (Å²) in [5.74, 6) is -0.591. The number of fused-ring (bicyclic) bond motifs is 3. The van der Waals surface area contributed by atoms with Crippen LogP contribution < -0.4 is 0 Å². The molecule has 21 atom stereocenters. The number of hydrogen-bond donors (Lipinski definition) is 12. The molecule has 7 fully saturated rings. The average molecular weight is 851 g/mol. The van der Waals surface area contributed by atoms with Gasteiger partial charge in [-0.25, -0.2) is 0 Å². The molecular weight excluding hydrogens is 788 g/mol. The van der Waals surface area contributed by atoms with E-state index in [-0.39, 0.29) is 29.1 Å². The molecule has 3 saturated heterocycles. The topological polar surface area (TPSA) is 332 Å². The lowest BCUT2D eigenvalue weighted by Crippen LogP contribution is -2.65. The SMILES string of the molecule is C=C1C[C@@]23CC[C@H]4[C@@](C)(CCC[C@@]4(C)C(=O)O[C@@H]4O[C@H](CO)[C@@H](O)[C@H](O)[C@H]4O)[C@@H]2CC[C@]1(O[C@@H]1O[C@H](CO)[C@@H](O)[C@H](O)[C@H]1O[C@@H]1O[C@H](CO)[C@@H](O)[C@H](O)[C@H]1O)C3.O=CO. The van der Waals surface area contributed by atoms with Crippen molar-refractivity contribution < 1.29 is 99.3 Å². The molecule has 0 radical (unpaired) electrons. The molecule has 7 rings (SSSR count). The van der Waals surface area contributed by atoms with Crippen molar-refractivity contribution in [3.05, 3.63) is 12.2 Å². The van der Waals surface area contributed by atoms with E-state index in [0.717, 1.165) is 18.4 Å².